The van der Waals surface area contributed by atoms with Crippen LogP contribution < -0.4 is 5.32 Å². The molecule has 1 amide bonds. The molecule has 2 aliphatic rings. The molecule has 2 N–H and O–H groups in total. The van der Waals surface area contributed by atoms with Gasteiger partial charge < -0.3 is 5.32 Å². The SMILES string of the molecule is Cc1cn[nH]c1[C@H]1CNC(=O)C12CCCC2. The highest BCUT2D eigenvalue weighted by Crippen LogP contribution is 2.51. The van der Waals surface area contributed by atoms with Crippen LogP contribution in [-0.4, -0.2) is 22.6 Å². The molecule has 4 nitrogen and oxygen atoms in total. The summed E-state index contributed by atoms with van der Waals surface area (Å²) in [6.07, 6.45) is 6.26. The van der Waals surface area contributed by atoms with E-state index in [-0.39, 0.29) is 11.3 Å². The minimum Gasteiger partial charge on any atom is -0.355 e. The van der Waals surface area contributed by atoms with Crippen molar-refractivity contribution in [1.29, 1.82) is 0 Å². The predicted octanol–water partition coefficient (Wildman–Crippen LogP) is 1.49. The third kappa shape index (κ3) is 1.16. The van der Waals surface area contributed by atoms with Gasteiger partial charge in [-0.3, -0.25) is 9.89 Å². The summed E-state index contributed by atoms with van der Waals surface area (Å²) in [5.74, 6) is 0.550. The topological polar surface area (TPSA) is 57.8 Å². The second-order valence-electron chi connectivity index (χ2n) is 5.09. The van der Waals surface area contributed by atoms with Crippen LogP contribution in [0.25, 0.3) is 0 Å². The number of carbonyl (C=O) groups is 1. The van der Waals surface area contributed by atoms with Crippen molar-refractivity contribution in [2.75, 3.05) is 6.54 Å². The number of nitrogens with one attached hydrogen (secondary N) is 2. The Morgan fingerprint density at radius 1 is 1.44 bits per heavy atom. The van der Waals surface area contributed by atoms with E-state index in [1.807, 2.05) is 6.20 Å². The third-order valence-corrected chi connectivity index (χ3v) is 4.30. The highest BCUT2D eigenvalue weighted by Gasteiger charge is 2.52. The van der Waals surface area contributed by atoms with Gasteiger partial charge in [0.05, 0.1) is 11.6 Å². The molecule has 1 aliphatic heterocycles. The van der Waals surface area contributed by atoms with E-state index in [0.29, 0.717) is 5.92 Å². The lowest BCUT2D eigenvalue weighted by molar-refractivity contribution is -0.127. The van der Waals surface area contributed by atoms with E-state index in [4.69, 9.17) is 0 Å². The first-order valence-electron chi connectivity index (χ1n) is 6.02. The first-order chi connectivity index (χ1) is 7.74. The molecule has 2 fully saturated rings. The summed E-state index contributed by atoms with van der Waals surface area (Å²) in [4.78, 5) is 12.1. The van der Waals surface area contributed by atoms with Gasteiger partial charge in [-0.05, 0) is 25.3 Å². The summed E-state index contributed by atoms with van der Waals surface area (Å²) < 4.78 is 0. The number of H-pyrrole nitrogens is 1. The largest absolute Gasteiger partial charge is 0.355 e. The Kier molecular flexibility index (Phi) is 2.06. The van der Waals surface area contributed by atoms with Gasteiger partial charge in [-0.2, -0.15) is 5.10 Å². The zero-order valence-corrected chi connectivity index (χ0v) is 9.55. The Bertz CT molecular complexity index is 418. The fraction of sp³-hybridized carbons (Fsp3) is 0.667. The number of carbonyl (C=O) groups excluding carboxylic acids is 1. The van der Waals surface area contributed by atoms with Crippen LogP contribution in [0.3, 0.4) is 0 Å². The summed E-state index contributed by atoms with van der Waals surface area (Å²) in [5, 5.41) is 10.2. The first-order valence-corrected chi connectivity index (χ1v) is 6.02. The average Bonchev–Trinajstić information content (AvgIpc) is 2.94. The molecule has 16 heavy (non-hydrogen) atoms. The molecule has 0 radical (unpaired) electrons. The summed E-state index contributed by atoms with van der Waals surface area (Å²) in [6, 6.07) is 0. The molecule has 1 aliphatic carbocycles. The number of aryl methyl sites for hydroxylation is 1. The van der Waals surface area contributed by atoms with Crippen LogP contribution >= 0.6 is 0 Å². The number of hydrogen-bond donors (Lipinski definition) is 2. The maximum atomic E-state index is 12.1. The molecule has 1 aromatic heterocycles. The Morgan fingerprint density at radius 3 is 2.81 bits per heavy atom. The predicted molar refractivity (Wildman–Crippen MR) is 60.0 cm³/mol. The molecule has 0 bridgehead atoms. The fourth-order valence-electron chi connectivity index (χ4n) is 3.39. The van der Waals surface area contributed by atoms with Gasteiger partial charge in [0, 0.05) is 18.2 Å². The van der Waals surface area contributed by atoms with Gasteiger partial charge in [-0.15, -0.1) is 0 Å². The number of amides is 1. The Hall–Kier alpha value is -1.32. The maximum Gasteiger partial charge on any atom is 0.226 e. The zero-order chi connectivity index (χ0) is 11.2. The van der Waals surface area contributed by atoms with Crippen molar-refractivity contribution in [3.05, 3.63) is 17.5 Å². The maximum absolute atomic E-state index is 12.1. The van der Waals surface area contributed by atoms with Crippen LogP contribution in [0.15, 0.2) is 6.20 Å². The van der Waals surface area contributed by atoms with Crippen LogP contribution in [0.2, 0.25) is 0 Å². The number of aromatic nitrogens is 2. The smallest absolute Gasteiger partial charge is 0.226 e. The molecule has 86 valence electrons. The summed E-state index contributed by atoms with van der Waals surface area (Å²) in [6.45, 7) is 2.83. The van der Waals surface area contributed by atoms with E-state index in [0.717, 1.165) is 25.1 Å². The van der Waals surface area contributed by atoms with Crippen molar-refractivity contribution < 1.29 is 4.79 Å². The number of nitrogens with zero attached hydrogens (tertiary/aromatic N) is 1. The third-order valence-electron chi connectivity index (χ3n) is 4.30. The van der Waals surface area contributed by atoms with E-state index in [2.05, 4.69) is 22.4 Å². The first kappa shape index (κ1) is 9.87. The number of aromatic amines is 1. The van der Waals surface area contributed by atoms with Gasteiger partial charge in [-0.25, -0.2) is 0 Å². The van der Waals surface area contributed by atoms with Crippen molar-refractivity contribution in [3.8, 4) is 0 Å². The monoisotopic (exact) mass is 219 g/mol. The van der Waals surface area contributed by atoms with E-state index in [1.54, 1.807) is 0 Å². The highest BCUT2D eigenvalue weighted by atomic mass is 16.2. The van der Waals surface area contributed by atoms with Gasteiger partial charge >= 0.3 is 0 Å². The van der Waals surface area contributed by atoms with Crippen LogP contribution in [0, 0.1) is 12.3 Å². The molecule has 1 aromatic rings. The van der Waals surface area contributed by atoms with Crippen molar-refractivity contribution in [2.24, 2.45) is 5.41 Å². The van der Waals surface area contributed by atoms with Crippen molar-refractivity contribution >= 4 is 5.91 Å². The summed E-state index contributed by atoms with van der Waals surface area (Å²) >= 11 is 0. The quantitative estimate of drug-likeness (QED) is 0.752. The molecular formula is C12H17N3O. The normalized spacial score (nSPS) is 27.6. The number of rotatable bonds is 1. The van der Waals surface area contributed by atoms with E-state index >= 15 is 0 Å². The van der Waals surface area contributed by atoms with Crippen molar-refractivity contribution in [3.63, 3.8) is 0 Å². The highest BCUT2D eigenvalue weighted by molar-refractivity contribution is 5.86. The van der Waals surface area contributed by atoms with Crippen LogP contribution in [0.1, 0.15) is 42.9 Å². The molecule has 1 saturated carbocycles. The second kappa shape index (κ2) is 3.34. The van der Waals surface area contributed by atoms with Crippen LogP contribution in [-0.2, 0) is 4.79 Å². The molecule has 1 spiro atoms. The lowest BCUT2D eigenvalue weighted by atomic mass is 9.74. The molecule has 0 aromatic carbocycles. The van der Waals surface area contributed by atoms with Crippen LogP contribution in [0.5, 0.6) is 0 Å². The molecule has 1 atom stereocenters. The average molecular weight is 219 g/mol. The minimum absolute atomic E-state index is 0.142. The molecule has 1 saturated heterocycles. The Labute approximate surface area is 94.8 Å². The Morgan fingerprint density at radius 2 is 2.19 bits per heavy atom. The van der Waals surface area contributed by atoms with Crippen molar-refractivity contribution in [1.82, 2.24) is 15.5 Å². The van der Waals surface area contributed by atoms with Gasteiger partial charge in [0.1, 0.15) is 0 Å². The van der Waals surface area contributed by atoms with Gasteiger partial charge in [0.25, 0.3) is 0 Å². The molecular weight excluding hydrogens is 202 g/mol. The van der Waals surface area contributed by atoms with Crippen molar-refractivity contribution in [2.45, 2.75) is 38.5 Å². The van der Waals surface area contributed by atoms with Gasteiger partial charge in [0.2, 0.25) is 5.91 Å². The lowest BCUT2D eigenvalue weighted by Crippen LogP contribution is -2.31. The molecule has 2 heterocycles. The standard InChI is InChI=1S/C12H17N3O/c1-8-6-14-15-10(8)9-7-13-11(16)12(9)4-2-3-5-12/h6,9H,2-5,7H2,1H3,(H,13,16)(H,14,15)/t9-/m1/s1. The zero-order valence-electron chi connectivity index (χ0n) is 9.55. The number of hydrogen-bond acceptors (Lipinski definition) is 2. The second-order valence-corrected chi connectivity index (χ2v) is 5.09. The fourth-order valence-corrected chi connectivity index (χ4v) is 3.39. The van der Waals surface area contributed by atoms with Gasteiger partial charge in [0.15, 0.2) is 0 Å². The summed E-state index contributed by atoms with van der Waals surface area (Å²) in [7, 11) is 0. The summed E-state index contributed by atoms with van der Waals surface area (Å²) in [5.41, 5.74) is 2.19. The molecule has 4 heteroatoms. The van der Waals surface area contributed by atoms with Crippen LogP contribution in [0.4, 0.5) is 0 Å². The Balaban J connectivity index is 2.02. The van der Waals surface area contributed by atoms with E-state index < -0.39 is 0 Å². The lowest BCUT2D eigenvalue weighted by Gasteiger charge is -2.27. The molecule has 0 unspecified atom stereocenters. The molecule has 3 rings (SSSR count). The van der Waals surface area contributed by atoms with E-state index in [9.17, 15) is 4.79 Å². The van der Waals surface area contributed by atoms with E-state index in [1.165, 1.54) is 18.4 Å². The minimum atomic E-state index is -0.142. The van der Waals surface area contributed by atoms with Gasteiger partial charge in [-0.1, -0.05) is 12.8 Å².